The predicted octanol–water partition coefficient (Wildman–Crippen LogP) is 1.68. The number of hydrogen-bond acceptors (Lipinski definition) is 4. The van der Waals surface area contributed by atoms with E-state index >= 15 is 0 Å². The van der Waals surface area contributed by atoms with Crippen molar-refractivity contribution in [3.05, 3.63) is 17.7 Å². The average molecular weight is 249 g/mol. The summed E-state index contributed by atoms with van der Waals surface area (Å²) in [5, 5.41) is 2.70. The molecule has 0 unspecified atom stereocenters. The minimum absolute atomic E-state index is 0.117. The van der Waals surface area contributed by atoms with E-state index in [4.69, 9.17) is 9.47 Å². The van der Waals surface area contributed by atoms with Gasteiger partial charge >= 0.3 is 0 Å². The smallest absolute Gasteiger partial charge is 0.231 e. The maximum Gasteiger partial charge on any atom is 0.231 e. The first-order valence-electron chi connectivity index (χ1n) is 5.76. The maximum atomic E-state index is 11.5. The van der Waals surface area contributed by atoms with Gasteiger partial charge in [0, 0.05) is 11.8 Å². The first-order valence-corrected chi connectivity index (χ1v) is 5.76. The lowest BCUT2D eigenvalue weighted by atomic mass is 10.1. The van der Waals surface area contributed by atoms with Gasteiger partial charge in [0.1, 0.15) is 19.0 Å². The van der Waals surface area contributed by atoms with Crippen LogP contribution in [0.3, 0.4) is 0 Å². The van der Waals surface area contributed by atoms with Gasteiger partial charge in [0.15, 0.2) is 11.5 Å². The molecule has 5 heteroatoms. The fourth-order valence-corrected chi connectivity index (χ4v) is 1.75. The van der Waals surface area contributed by atoms with Crippen molar-refractivity contribution in [1.29, 1.82) is 0 Å². The van der Waals surface area contributed by atoms with E-state index in [-0.39, 0.29) is 18.1 Å². The van der Waals surface area contributed by atoms with Gasteiger partial charge in [-0.25, -0.2) is 0 Å². The zero-order chi connectivity index (χ0) is 13.1. The minimum Gasteiger partial charge on any atom is -0.486 e. The number of ether oxygens (including phenoxy) is 2. The number of carbonyl (C=O) groups excluding carboxylic acids is 2. The van der Waals surface area contributed by atoms with Gasteiger partial charge in [0.25, 0.3) is 0 Å². The molecule has 0 atom stereocenters. The van der Waals surface area contributed by atoms with E-state index in [1.54, 1.807) is 6.07 Å². The Morgan fingerprint density at radius 3 is 2.44 bits per heavy atom. The van der Waals surface area contributed by atoms with Crippen molar-refractivity contribution in [3.8, 4) is 11.5 Å². The van der Waals surface area contributed by atoms with Gasteiger partial charge in [-0.1, -0.05) is 0 Å². The lowest BCUT2D eigenvalue weighted by molar-refractivity contribution is -0.124. The van der Waals surface area contributed by atoms with Crippen LogP contribution in [-0.2, 0) is 9.59 Å². The second-order valence-corrected chi connectivity index (χ2v) is 4.24. The summed E-state index contributed by atoms with van der Waals surface area (Å²) < 4.78 is 10.9. The summed E-state index contributed by atoms with van der Waals surface area (Å²) >= 11 is 0. The number of Topliss-reactive ketones (excluding diaryl/α,β-unsaturated/α-hetero) is 1. The van der Waals surface area contributed by atoms with Crippen molar-refractivity contribution in [2.75, 3.05) is 18.5 Å². The number of amides is 1. The van der Waals surface area contributed by atoms with E-state index in [1.165, 1.54) is 6.92 Å². The molecule has 18 heavy (non-hydrogen) atoms. The van der Waals surface area contributed by atoms with Crippen LogP contribution >= 0.6 is 0 Å². The molecule has 0 aromatic heterocycles. The second kappa shape index (κ2) is 5.08. The van der Waals surface area contributed by atoms with Crippen LogP contribution in [-0.4, -0.2) is 24.9 Å². The zero-order valence-electron chi connectivity index (χ0n) is 10.4. The maximum absolute atomic E-state index is 11.5. The molecule has 0 saturated carbocycles. The SMILES string of the molecule is CC(=O)CC(=O)Nc1cc2c(cc1C)OCCO2. The van der Waals surface area contributed by atoms with E-state index in [0.717, 1.165) is 5.56 Å². The molecular weight excluding hydrogens is 234 g/mol. The van der Waals surface area contributed by atoms with E-state index in [9.17, 15) is 9.59 Å². The molecule has 1 aliphatic heterocycles. The monoisotopic (exact) mass is 249 g/mol. The van der Waals surface area contributed by atoms with Crippen LogP contribution in [0.5, 0.6) is 11.5 Å². The first-order chi connectivity index (χ1) is 8.56. The van der Waals surface area contributed by atoms with Crippen LogP contribution in [0.15, 0.2) is 12.1 Å². The average Bonchev–Trinajstić information content (AvgIpc) is 2.29. The van der Waals surface area contributed by atoms with Crippen molar-refractivity contribution in [1.82, 2.24) is 0 Å². The Hall–Kier alpha value is -2.04. The van der Waals surface area contributed by atoms with Gasteiger partial charge < -0.3 is 14.8 Å². The second-order valence-electron chi connectivity index (χ2n) is 4.24. The minimum atomic E-state index is -0.317. The van der Waals surface area contributed by atoms with Crippen LogP contribution in [0.2, 0.25) is 0 Å². The Labute approximate surface area is 105 Å². The number of aryl methyl sites for hydroxylation is 1. The zero-order valence-corrected chi connectivity index (χ0v) is 10.4. The number of anilines is 1. The van der Waals surface area contributed by atoms with Crippen LogP contribution in [0.1, 0.15) is 18.9 Å². The van der Waals surface area contributed by atoms with Crippen LogP contribution in [0.4, 0.5) is 5.69 Å². The molecule has 0 aliphatic carbocycles. The predicted molar refractivity (Wildman–Crippen MR) is 66.1 cm³/mol. The highest BCUT2D eigenvalue weighted by atomic mass is 16.6. The van der Waals surface area contributed by atoms with Gasteiger partial charge in [-0.15, -0.1) is 0 Å². The van der Waals surface area contributed by atoms with Gasteiger partial charge in [0.05, 0.1) is 6.42 Å². The van der Waals surface area contributed by atoms with Crippen molar-refractivity contribution in [2.45, 2.75) is 20.3 Å². The van der Waals surface area contributed by atoms with Crippen molar-refractivity contribution in [2.24, 2.45) is 0 Å². The highest BCUT2D eigenvalue weighted by Gasteiger charge is 2.15. The summed E-state index contributed by atoms with van der Waals surface area (Å²) in [7, 11) is 0. The largest absolute Gasteiger partial charge is 0.486 e. The standard InChI is InChI=1S/C13H15NO4/c1-8-5-11-12(18-4-3-17-11)7-10(8)14-13(16)6-9(2)15/h5,7H,3-4,6H2,1-2H3,(H,14,16). The normalized spacial score (nSPS) is 13.0. The molecule has 1 aliphatic rings. The Balaban J connectivity index is 2.18. The molecule has 0 bridgehead atoms. The number of fused-ring (bicyclic) bond motifs is 1. The quantitative estimate of drug-likeness (QED) is 0.828. The van der Waals surface area contributed by atoms with Crippen molar-refractivity contribution >= 4 is 17.4 Å². The third kappa shape index (κ3) is 2.80. The summed E-state index contributed by atoms with van der Waals surface area (Å²) in [6.07, 6.45) is -0.117. The number of ketones is 1. The first kappa shape index (κ1) is 12.4. The number of hydrogen-bond donors (Lipinski definition) is 1. The number of carbonyl (C=O) groups is 2. The molecule has 5 nitrogen and oxygen atoms in total. The van der Waals surface area contributed by atoms with Crippen molar-refractivity contribution < 1.29 is 19.1 Å². The molecule has 2 rings (SSSR count). The highest BCUT2D eigenvalue weighted by molar-refractivity contribution is 6.03. The Morgan fingerprint density at radius 2 is 1.83 bits per heavy atom. The molecular formula is C13H15NO4. The fraction of sp³-hybridized carbons (Fsp3) is 0.385. The Bertz CT molecular complexity index is 496. The summed E-state index contributed by atoms with van der Waals surface area (Å²) in [5.74, 6) is 0.818. The lowest BCUT2D eigenvalue weighted by Crippen LogP contribution is -2.18. The van der Waals surface area contributed by atoms with Gasteiger partial charge in [-0.2, -0.15) is 0 Å². The molecule has 1 N–H and O–H groups in total. The molecule has 1 amide bonds. The van der Waals surface area contributed by atoms with E-state index in [1.807, 2.05) is 13.0 Å². The summed E-state index contributed by atoms with van der Waals surface area (Å²) in [6.45, 7) is 4.28. The topological polar surface area (TPSA) is 64.6 Å². The number of nitrogens with one attached hydrogen (secondary N) is 1. The molecule has 0 radical (unpaired) electrons. The fourth-order valence-electron chi connectivity index (χ4n) is 1.75. The van der Waals surface area contributed by atoms with Crippen LogP contribution in [0.25, 0.3) is 0 Å². The Morgan fingerprint density at radius 1 is 1.22 bits per heavy atom. The number of rotatable bonds is 3. The number of benzene rings is 1. The molecule has 1 heterocycles. The van der Waals surface area contributed by atoms with E-state index in [2.05, 4.69) is 5.32 Å². The van der Waals surface area contributed by atoms with Gasteiger partial charge in [0.2, 0.25) is 5.91 Å². The third-order valence-electron chi connectivity index (χ3n) is 2.57. The van der Waals surface area contributed by atoms with Crippen LogP contribution < -0.4 is 14.8 Å². The summed E-state index contributed by atoms with van der Waals surface area (Å²) in [6, 6.07) is 3.54. The van der Waals surface area contributed by atoms with Crippen LogP contribution in [0, 0.1) is 6.92 Å². The van der Waals surface area contributed by atoms with Crippen molar-refractivity contribution in [3.63, 3.8) is 0 Å². The lowest BCUT2D eigenvalue weighted by Gasteiger charge is -2.20. The molecule has 1 aromatic rings. The van der Waals surface area contributed by atoms with E-state index < -0.39 is 0 Å². The van der Waals surface area contributed by atoms with Gasteiger partial charge in [-0.05, 0) is 25.5 Å². The molecule has 0 saturated heterocycles. The summed E-state index contributed by atoms with van der Waals surface area (Å²) in [5.41, 5.74) is 1.52. The highest BCUT2D eigenvalue weighted by Crippen LogP contribution is 2.35. The summed E-state index contributed by atoms with van der Waals surface area (Å²) in [4.78, 5) is 22.4. The Kier molecular flexibility index (Phi) is 3.50. The third-order valence-corrected chi connectivity index (χ3v) is 2.57. The van der Waals surface area contributed by atoms with Gasteiger partial charge in [-0.3, -0.25) is 9.59 Å². The molecule has 0 fully saturated rings. The molecule has 96 valence electrons. The molecule has 0 spiro atoms. The van der Waals surface area contributed by atoms with E-state index in [0.29, 0.717) is 30.4 Å². The molecule has 1 aromatic carbocycles.